The van der Waals surface area contributed by atoms with Crippen LogP contribution in [0.25, 0.3) is 0 Å². The number of benzene rings is 1. The highest BCUT2D eigenvalue weighted by Crippen LogP contribution is 2.36. The van der Waals surface area contributed by atoms with Crippen molar-refractivity contribution in [3.8, 4) is 0 Å². The van der Waals surface area contributed by atoms with E-state index in [4.69, 9.17) is 0 Å². The number of alkyl halides is 6. The van der Waals surface area contributed by atoms with Crippen LogP contribution < -0.4 is 5.32 Å². The van der Waals surface area contributed by atoms with Crippen LogP contribution in [0, 0.1) is 5.92 Å². The van der Waals surface area contributed by atoms with Gasteiger partial charge >= 0.3 is 12.4 Å². The molecular weight excluding hydrogens is 334 g/mol. The smallest absolute Gasteiger partial charge is 0.319 e. The number of hydrogen-bond acceptors (Lipinski definition) is 2. The van der Waals surface area contributed by atoms with Crippen molar-refractivity contribution in [2.24, 2.45) is 5.92 Å². The minimum absolute atomic E-state index is 0.0438. The third-order valence-corrected chi connectivity index (χ3v) is 4.15. The molecule has 0 aliphatic carbocycles. The second-order valence-corrected chi connectivity index (χ2v) is 6.22. The molecule has 0 saturated carbocycles. The molecule has 0 spiro atoms. The Labute approximate surface area is 136 Å². The highest BCUT2D eigenvalue weighted by atomic mass is 19.4. The molecule has 1 aliphatic heterocycles. The van der Waals surface area contributed by atoms with E-state index < -0.39 is 23.5 Å². The monoisotopic (exact) mass is 354 g/mol. The molecule has 2 rings (SSSR count). The van der Waals surface area contributed by atoms with E-state index in [9.17, 15) is 26.3 Å². The van der Waals surface area contributed by atoms with E-state index in [-0.39, 0.29) is 18.2 Å². The number of nitrogens with one attached hydrogen (secondary N) is 1. The van der Waals surface area contributed by atoms with Crippen LogP contribution >= 0.6 is 0 Å². The molecule has 1 saturated heterocycles. The molecule has 136 valence electrons. The summed E-state index contributed by atoms with van der Waals surface area (Å²) in [5.74, 6) is 0.358. The Morgan fingerprint density at radius 2 is 1.62 bits per heavy atom. The number of likely N-dealkylation sites (tertiary alicyclic amines) is 1. The molecule has 2 nitrogen and oxygen atoms in total. The molecule has 0 bridgehead atoms. The van der Waals surface area contributed by atoms with Crippen molar-refractivity contribution in [2.75, 3.05) is 26.7 Å². The molecule has 0 aromatic heterocycles. The first-order valence-corrected chi connectivity index (χ1v) is 7.75. The lowest BCUT2D eigenvalue weighted by Crippen LogP contribution is -2.38. The molecule has 0 amide bonds. The summed E-state index contributed by atoms with van der Waals surface area (Å²) in [6.07, 6.45) is -7.70. The average molecular weight is 354 g/mol. The van der Waals surface area contributed by atoms with E-state index in [1.807, 2.05) is 11.9 Å². The topological polar surface area (TPSA) is 15.3 Å². The van der Waals surface area contributed by atoms with Crippen LogP contribution in [0.3, 0.4) is 0 Å². The summed E-state index contributed by atoms with van der Waals surface area (Å²) in [4.78, 5) is 1.92. The van der Waals surface area contributed by atoms with Gasteiger partial charge in [0.15, 0.2) is 0 Å². The summed E-state index contributed by atoms with van der Waals surface area (Å²) < 4.78 is 77.3. The number of hydrogen-bond donors (Lipinski definition) is 1. The number of nitrogens with zero attached hydrogens (tertiary/aromatic N) is 1. The molecule has 1 aliphatic rings. The van der Waals surface area contributed by atoms with E-state index in [2.05, 4.69) is 5.32 Å². The van der Waals surface area contributed by atoms with Gasteiger partial charge in [0, 0.05) is 13.1 Å². The number of halogens is 6. The number of rotatable bonds is 4. The Bertz CT molecular complexity index is 518. The van der Waals surface area contributed by atoms with E-state index in [1.54, 1.807) is 0 Å². The van der Waals surface area contributed by atoms with Crippen molar-refractivity contribution in [3.63, 3.8) is 0 Å². The van der Waals surface area contributed by atoms with Gasteiger partial charge in [0.1, 0.15) is 0 Å². The van der Waals surface area contributed by atoms with E-state index >= 15 is 0 Å². The normalized spacial score (nSPS) is 20.4. The summed E-state index contributed by atoms with van der Waals surface area (Å²) in [6.45, 7) is 2.22. The van der Waals surface area contributed by atoms with Gasteiger partial charge in [-0.25, -0.2) is 0 Å². The van der Waals surface area contributed by atoms with E-state index in [0.29, 0.717) is 19.0 Å². The molecule has 1 aromatic carbocycles. The Morgan fingerprint density at radius 1 is 1.04 bits per heavy atom. The van der Waals surface area contributed by atoms with Gasteiger partial charge in [0.05, 0.1) is 11.1 Å². The summed E-state index contributed by atoms with van der Waals surface area (Å²) >= 11 is 0. The lowest BCUT2D eigenvalue weighted by Gasteiger charge is -2.33. The van der Waals surface area contributed by atoms with Crippen LogP contribution in [0.5, 0.6) is 0 Å². The maximum atomic E-state index is 12.9. The van der Waals surface area contributed by atoms with E-state index in [1.165, 1.54) is 0 Å². The maximum Gasteiger partial charge on any atom is 0.416 e. The largest absolute Gasteiger partial charge is 0.416 e. The maximum absolute atomic E-state index is 12.9. The van der Waals surface area contributed by atoms with Gasteiger partial charge in [-0.15, -0.1) is 0 Å². The highest BCUT2D eigenvalue weighted by Gasteiger charge is 2.37. The standard InChI is InChI=1S/C16H20F6N2/c1-23-8-11-3-2-4-24(9-11)10-12-5-13(15(17,18)19)7-14(6-12)16(20,21)22/h5-7,11,23H,2-4,8-10H2,1H3. The number of piperidine rings is 1. The van der Waals surface area contributed by atoms with Crippen molar-refractivity contribution < 1.29 is 26.3 Å². The van der Waals surface area contributed by atoms with Crippen molar-refractivity contribution in [3.05, 3.63) is 34.9 Å². The van der Waals surface area contributed by atoms with Crippen LogP contribution in [0.4, 0.5) is 26.3 Å². The van der Waals surface area contributed by atoms with Crippen LogP contribution in [-0.2, 0) is 18.9 Å². The van der Waals surface area contributed by atoms with Gasteiger partial charge in [-0.05, 0) is 62.7 Å². The SMILES string of the molecule is CNCC1CCCN(Cc2cc(C(F)(F)F)cc(C(F)(F)F)c2)C1. The molecule has 0 radical (unpaired) electrons. The molecule has 24 heavy (non-hydrogen) atoms. The zero-order valence-electron chi connectivity index (χ0n) is 13.3. The molecule has 1 aromatic rings. The van der Waals surface area contributed by atoms with Gasteiger partial charge < -0.3 is 5.32 Å². The van der Waals surface area contributed by atoms with Crippen LogP contribution in [0.2, 0.25) is 0 Å². The average Bonchev–Trinajstić information content (AvgIpc) is 2.46. The Hall–Kier alpha value is -1.28. The Morgan fingerprint density at radius 3 is 2.12 bits per heavy atom. The quantitative estimate of drug-likeness (QED) is 0.817. The fourth-order valence-electron chi connectivity index (χ4n) is 3.12. The highest BCUT2D eigenvalue weighted by molar-refractivity contribution is 5.33. The van der Waals surface area contributed by atoms with Gasteiger partial charge in [0.2, 0.25) is 0 Å². The molecule has 8 heteroatoms. The van der Waals surface area contributed by atoms with Crippen molar-refractivity contribution >= 4 is 0 Å². The molecule has 1 N–H and O–H groups in total. The fraction of sp³-hybridized carbons (Fsp3) is 0.625. The van der Waals surface area contributed by atoms with Crippen molar-refractivity contribution in [1.82, 2.24) is 10.2 Å². The minimum atomic E-state index is -4.80. The first-order valence-electron chi connectivity index (χ1n) is 7.75. The Kier molecular flexibility index (Phi) is 5.80. The first kappa shape index (κ1) is 19.1. The second kappa shape index (κ2) is 7.31. The Balaban J connectivity index is 2.22. The molecule has 1 unspecified atom stereocenters. The fourth-order valence-corrected chi connectivity index (χ4v) is 3.12. The van der Waals surface area contributed by atoms with Crippen LogP contribution in [0.1, 0.15) is 29.5 Å². The lowest BCUT2D eigenvalue weighted by atomic mass is 9.97. The third kappa shape index (κ3) is 5.11. The summed E-state index contributed by atoms with van der Waals surface area (Å²) in [5.41, 5.74) is -2.46. The van der Waals surface area contributed by atoms with Gasteiger partial charge in [-0.1, -0.05) is 0 Å². The predicted octanol–water partition coefficient (Wildman–Crippen LogP) is 4.16. The summed E-state index contributed by atoms with van der Waals surface area (Å²) in [6, 6.07) is 1.80. The first-order chi connectivity index (χ1) is 11.1. The minimum Gasteiger partial charge on any atom is -0.319 e. The molecule has 1 atom stereocenters. The third-order valence-electron chi connectivity index (χ3n) is 4.15. The summed E-state index contributed by atoms with van der Waals surface area (Å²) in [7, 11) is 1.82. The van der Waals surface area contributed by atoms with Crippen LogP contribution in [-0.4, -0.2) is 31.6 Å². The zero-order valence-corrected chi connectivity index (χ0v) is 13.3. The van der Waals surface area contributed by atoms with Gasteiger partial charge in [-0.3, -0.25) is 4.90 Å². The lowest BCUT2D eigenvalue weighted by molar-refractivity contribution is -0.143. The molecular formula is C16H20F6N2. The van der Waals surface area contributed by atoms with Gasteiger partial charge in [-0.2, -0.15) is 26.3 Å². The van der Waals surface area contributed by atoms with Crippen molar-refractivity contribution in [1.29, 1.82) is 0 Å². The molecule has 1 heterocycles. The molecule has 1 fully saturated rings. The van der Waals surface area contributed by atoms with Crippen LogP contribution in [0.15, 0.2) is 18.2 Å². The second-order valence-electron chi connectivity index (χ2n) is 6.22. The van der Waals surface area contributed by atoms with Crippen molar-refractivity contribution in [2.45, 2.75) is 31.7 Å². The summed E-state index contributed by atoms with van der Waals surface area (Å²) in [5, 5.41) is 3.06. The van der Waals surface area contributed by atoms with Gasteiger partial charge in [0.25, 0.3) is 0 Å². The zero-order chi connectivity index (χ0) is 18.0. The predicted molar refractivity (Wildman–Crippen MR) is 78.4 cm³/mol. The van der Waals surface area contributed by atoms with E-state index in [0.717, 1.165) is 31.5 Å².